The van der Waals surface area contributed by atoms with Crippen LogP contribution < -0.4 is 4.74 Å². The van der Waals surface area contributed by atoms with E-state index in [1.54, 1.807) is 61.7 Å². The molecule has 1 aliphatic rings. The minimum atomic E-state index is -1.27. The van der Waals surface area contributed by atoms with Gasteiger partial charge in [-0.15, -0.1) is 0 Å². The van der Waals surface area contributed by atoms with Gasteiger partial charge < -0.3 is 14.7 Å². The molecule has 196 valence electrons. The number of aryl methyl sites for hydroxylation is 1. The Balaban J connectivity index is 1.75. The lowest BCUT2D eigenvalue weighted by molar-refractivity contribution is -0.142. The van der Waals surface area contributed by atoms with Crippen molar-refractivity contribution in [3.8, 4) is 5.75 Å². The van der Waals surface area contributed by atoms with Crippen LogP contribution in [0.5, 0.6) is 5.75 Å². The predicted molar refractivity (Wildman–Crippen MR) is 148 cm³/mol. The highest BCUT2D eigenvalue weighted by atomic mass is 16.5. The molecular weight excluding hydrogens is 490 g/mol. The maximum Gasteiger partial charge on any atom is 0.327 e. The van der Waals surface area contributed by atoms with Gasteiger partial charge in [0.1, 0.15) is 11.8 Å². The van der Waals surface area contributed by atoms with Crippen molar-refractivity contribution >= 4 is 17.7 Å². The summed E-state index contributed by atoms with van der Waals surface area (Å²) < 4.78 is 5.27. The lowest BCUT2D eigenvalue weighted by Gasteiger charge is -2.30. The quantitative estimate of drug-likeness (QED) is 0.306. The van der Waals surface area contributed by atoms with E-state index in [2.05, 4.69) is 0 Å². The lowest BCUT2D eigenvalue weighted by Crippen LogP contribution is -2.43. The number of hydrogen-bond donors (Lipinski definition) is 1. The van der Waals surface area contributed by atoms with Crippen molar-refractivity contribution in [2.45, 2.75) is 24.9 Å². The van der Waals surface area contributed by atoms with Crippen molar-refractivity contribution in [1.29, 1.82) is 0 Å². The van der Waals surface area contributed by atoms with E-state index in [4.69, 9.17) is 4.74 Å². The van der Waals surface area contributed by atoms with Gasteiger partial charge in [-0.2, -0.15) is 0 Å². The largest absolute Gasteiger partial charge is 0.497 e. The number of benzene rings is 4. The highest BCUT2D eigenvalue weighted by molar-refractivity contribution is 6.03. The van der Waals surface area contributed by atoms with Gasteiger partial charge in [0.15, 0.2) is 5.78 Å². The van der Waals surface area contributed by atoms with Crippen molar-refractivity contribution in [2.75, 3.05) is 7.11 Å². The molecule has 0 saturated carbocycles. The first kappa shape index (κ1) is 25.9. The number of amides is 1. The van der Waals surface area contributed by atoms with E-state index in [1.807, 2.05) is 61.5 Å². The minimum Gasteiger partial charge on any atom is -0.497 e. The van der Waals surface area contributed by atoms with E-state index in [-0.39, 0.29) is 5.78 Å². The van der Waals surface area contributed by atoms with Crippen molar-refractivity contribution in [3.05, 3.63) is 137 Å². The Bertz CT molecular complexity index is 1470. The van der Waals surface area contributed by atoms with Gasteiger partial charge in [-0.25, -0.2) is 4.79 Å². The van der Waals surface area contributed by atoms with Gasteiger partial charge in [-0.05, 0) is 54.4 Å². The van der Waals surface area contributed by atoms with Crippen molar-refractivity contribution in [2.24, 2.45) is 5.92 Å². The van der Waals surface area contributed by atoms with Crippen LogP contribution in [0.2, 0.25) is 0 Å². The van der Waals surface area contributed by atoms with Crippen LogP contribution in [0.4, 0.5) is 0 Å². The molecule has 4 aromatic rings. The first-order valence-electron chi connectivity index (χ1n) is 12.8. The number of carboxylic acid groups (broad SMARTS) is 1. The number of likely N-dealkylation sites (tertiary alicyclic amines) is 1. The smallest absolute Gasteiger partial charge is 0.327 e. The molecule has 4 unspecified atom stereocenters. The molecule has 1 heterocycles. The summed E-state index contributed by atoms with van der Waals surface area (Å²) in [4.78, 5) is 42.9. The molecule has 1 amide bonds. The summed E-state index contributed by atoms with van der Waals surface area (Å²) in [6.07, 6.45) is 0. The third-order valence-corrected chi connectivity index (χ3v) is 7.46. The van der Waals surface area contributed by atoms with Crippen LogP contribution in [-0.2, 0) is 4.79 Å². The Kier molecular flexibility index (Phi) is 7.28. The molecule has 0 radical (unpaired) electrons. The third kappa shape index (κ3) is 4.93. The van der Waals surface area contributed by atoms with E-state index in [1.165, 1.54) is 4.90 Å². The van der Waals surface area contributed by atoms with Gasteiger partial charge in [-0.3, -0.25) is 9.59 Å². The number of ether oxygens (including phenoxy) is 1. The number of hydrogen-bond acceptors (Lipinski definition) is 4. The SMILES string of the molecule is COc1ccc(C(=O)C2C(c3ccccc3)C(C(=O)O)N(C(=O)c3ccccc3)C2c2ccc(C)cc2)cc1. The standard InChI is InChI=1S/C33H29NO5/c1-21-13-15-23(16-14-21)29-28(31(35)24-17-19-26(39-2)20-18-24)27(22-9-5-3-6-10-22)30(33(37)38)34(29)32(36)25-11-7-4-8-12-25/h3-20,27-30H,1-2H3,(H,37,38). The maximum absolute atomic E-state index is 14.4. The number of carboxylic acids is 1. The first-order valence-corrected chi connectivity index (χ1v) is 12.8. The second-order valence-electron chi connectivity index (χ2n) is 9.77. The summed E-state index contributed by atoms with van der Waals surface area (Å²) in [5.74, 6) is -2.84. The fourth-order valence-corrected chi connectivity index (χ4v) is 5.62. The minimum absolute atomic E-state index is 0.230. The number of carbonyl (C=O) groups is 3. The highest BCUT2D eigenvalue weighted by Gasteiger charge is 2.57. The fraction of sp³-hybridized carbons (Fsp3) is 0.182. The molecule has 0 spiro atoms. The van der Waals surface area contributed by atoms with Gasteiger partial charge in [0.2, 0.25) is 0 Å². The van der Waals surface area contributed by atoms with Crippen LogP contribution in [-0.4, -0.2) is 40.8 Å². The monoisotopic (exact) mass is 519 g/mol. The van der Waals surface area contributed by atoms with Crippen LogP contribution in [0.3, 0.4) is 0 Å². The predicted octanol–water partition coefficient (Wildman–Crippen LogP) is 5.94. The Morgan fingerprint density at radius 1 is 0.718 bits per heavy atom. The molecule has 1 aliphatic heterocycles. The van der Waals surface area contributed by atoms with E-state index in [9.17, 15) is 19.5 Å². The summed E-state index contributed by atoms with van der Waals surface area (Å²) in [7, 11) is 1.55. The number of Topliss-reactive ketones (excluding diaryl/α,β-unsaturated/α-hetero) is 1. The fourth-order valence-electron chi connectivity index (χ4n) is 5.62. The molecule has 4 atom stereocenters. The Morgan fingerprint density at radius 3 is 1.87 bits per heavy atom. The van der Waals surface area contributed by atoms with Crippen molar-refractivity contribution in [3.63, 3.8) is 0 Å². The average molecular weight is 520 g/mol. The molecule has 6 nitrogen and oxygen atoms in total. The van der Waals surface area contributed by atoms with E-state index in [0.29, 0.717) is 28.0 Å². The number of methoxy groups -OCH3 is 1. The van der Waals surface area contributed by atoms with Gasteiger partial charge in [0, 0.05) is 17.0 Å². The summed E-state index contributed by atoms with van der Waals surface area (Å²) >= 11 is 0. The molecule has 6 heteroatoms. The van der Waals surface area contributed by atoms with Crippen LogP contribution in [0.25, 0.3) is 0 Å². The molecule has 0 aliphatic carbocycles. The third-order valence-electron chi connectivity index (χ3n) is 7.46. The van der Waals surface area contributed by atoms with Crippen LogP contribution in [0.15, 0.2) is 109 Å². The van der Waals surface area contributed by atoms with E-state index >= 15 is 0 Å². The molecule has 4 aromatic carbocycles. The van der Waals surface area contributed by atoms with Gasteiger partial charge in [0.05, 0.1) is 19.1 Å². The maximum atomic E-state index is 14.4. The van der Waals surface area contributed by atoms with Crippen molar-refractivity contribution < 1.29 is 24.2 Å². The van der Waals surface area contributed by atoms with Crippen LogP contribution in [0, 0.1) is 12.8 Å². The Morgan fingerprint density at radius 2 is 1.31 bits per heavy atom. The molecule has 5 rings (SSSR count). The Hall–Kier alpha value is -4.71. The number of ketones is 1. The molecule has 0 aromatic heterocycles. The summed E-state index contributed by atoms with van der Waals surface area (Å²) in [6.45, 7) is 1.96. The summed E-state index contributed by atoms with van der Waals surface area (Å²) in [6, 6.07) is 30.1. The molecule has 39 heavy (non-hydrogen) atoms. The van der Waals surface area contributed by atoms with Gasteiger partial charge >= 0.3 is 5.97 Å². The normalized spacial score (nSPS) is 20.4. The molecule has 1 N–H and O–H groups in total. The van der Waals surface area contributed by atoms with Crippen molar-refractivity contribution in [1.82, 2.24) is 4.90 Å². The number of carbonyl (C=O) groups excluding carboxylic acids is 2. The zero-order chi connectivity index (χ0) is 27.5. The van der Waals surface area contributed by atoms with Crippen LogP contribution in [0.1, 0.15) is 49.4 Å². The highest BCUT2D eigenvalue weighted by Crippen LogP contribution is 2.51. The van der Waals surface area contributed by atoms with Gasteiger partial charge in [-0.1, -0.05) is 78.4 Å². The number of aliphatic carboxylic acids is 1. The number of nitrogens with zero attached hydrogens (tertiary/aromatic N) is 1. The van der Waals surface area contributed by atoms with E-state index < -0.39 is 35.8 Å². The zero-order valence-electron chi connectivity index (χ0n) is 21.7. The van der Waals surface area contributed by atoms with E-state index in [0.717, 1.165) is 5.56 Å². The summed E-state index contributed by atoms with van der Waals surface area (Å²) in [5, 5.41) is 10.6. The second-order valence-corrected chi connectivity index (χ2v) is 9.77. The number of rotatable bonds is 7. The van der Waals surface area contributed by atoms with Gasteiger partial charge in [0.25, 0.3) is 5.91 Å². The topological polar surface area (TPSA) is 83.9 Å². The molecule has 1 saturated heterocycles. The summed E-state index contributed by atoms with van der Waals surface area (Å²) in [5.41, 5.74) is 3.21. The molecule has 0 bridgehead atoms. The first-order chi connectivity index (χ1) is 18.9. The Labute approximate surface area is 227 Å². The lowest BCUT2D eigenvalue weighted by atomic mass is 9.76. The van der Waals surface area contributed by atoms with Crippen LogP contribution >= 0.6 is 0 Å². The second kappa shape index (κ2) is 11.0. The molecule has 1 fully saturated rings. The average Bonchev–Trinajstić information content (AvgIpc) is 3.34. The molecular formula is C33H29NO5. The zero-order valence-corrected chi connectivity index (χ0v) is 21.7.